The van der Waals surface area contributed by atoms with Gasteiger partial charge in [-0.1, -0.05) is 6.92 Å². The van der Waals surface area contributed by atoms with E-state index in [0.717, 1.165) is 17.3 Å². The number of nitrogens with zero attached hydrogens (tertiary/aromatic N) is 4. The van der Waals surface area contributed by atoms with Gasteiger partial charge in [-0.3, -0.25) is 14.8 Å². The number of hydrogen-bond donors (Lipinski definition) is 2. The first-order valence-electron chi connectivity index (χ1n) is 10.4. The van der Waals surface area contributed by atoms with Gasteiger partial charge in [-0.05, 0) is 36.8 Å². The first-order chi connectivity index (χ1) is 15.9. The monoisotopic (exact) mass is 448 g/mol. The van der Waals surface area contributed by atoms with Crippen molar-refractivity contribution in [1.82, 2.24) is 25.3 Å². The van der Waals surface area contributed by atoms with Gasteiger partial charge in [0.2, 0.25) is 0 Å². The Hall–Kier alpha value is -4.01. The van der Waals surface area contributed by atoms with Gasteiger partial charge in [-0.25, -0.2) is 18.7 Å². The zero-order valence-corrected chi connectivity index (χ0v) is 18.4. The van der Waals surface area contributed by atoms with Gasteiger partial charge in [0.25, 0.3) is 5.91 Å². The van der Waals surface area contributed by atoms with E-state index in [1.807, 2.05) is 26.0 Å². The van der Waals surface area contributed by atoms with Crippen LogP contribution in [-0.4, -0.2) is 39.4 Å². The third-order valence-corrected chi connectivity index (χ3v) is 5.40. The van der Waals surface area contributed by atoms with Crippen molar-refractivity contribution in [2.45, 2.75) is 19.8 Å². The highest BCUT2D eigenvalue weighted by atomic mass is 19.2. The molecule has 0 saturated heterocycles. The summed E-state index contributed by atoms with van der Waals surface area (Å²) in [5, 5.41) is 5.54. The molecule has 4 aromatic rings. The number of nitrogens with one attached hydrogen (secondary N) is 2. The molecule has 1 amide bonds. The third-order valence-electron chi connectivity index (χ3n) is 5.40. The van der Waals surface area contributed by atoms with Crippen molar-refractivity contribution in [3.05, 3.63) is 77.5 Å². The lowest BCUT2D eigenvalue weighted by molar-refractivity contribution is 0.0964. The summed E-state index contributed by atoms with van der Waals surface area (Å²) in [6.07, 6.45) is 4.61. The molecule has 9 heteroatoms. The van der Waals surface area contributed by atoms with Gasteiger partial charge in [0.1, 0.15) is 12.1 Å². The molecule has 168 valence electrons. The number of carbonyl (C=O) groups excluding carboxylic acids is 1. The van der Waals surface area contributed by atoms with Crippen molar-refractivity contribution < 1.29 is 13.6 Å². The zero-order valence-electron chi connectivity index (χ0n) is 18.4. The molecule has 33 heavy (non-hydrogen) atoms. The van der Waals surface area contributed by atoms with Crippen molar-refractivity contribution in [3.8, 4) is 11.3 Å². The van der Waals surface area contributed by atoms with Crippen LogP contribution in [0.4, 0.5) is 14.6 Å². The fourth-order valence-corrected chi connectivity index (χ4v) is 3.59. The maximum absolute atomic E-state index is 14.6. The number of halogens is 2. The number of aryl methyl sites for hydroxylation is 1. The predicted molar refractivity (Wildman–Crippen MR) is 122 cm³/mol. The van der Waals surface area contributed by atoms with E-state index in [1.54, 1.807) is 12.3 Å². The van der Waals surface area contributed by atoms with E-state index in [4.69, 9.17) is 0 Å². The van der Waals surface area contributed by atoms with E-state index in [1.165, 1.54) is 25.6 Å². The van der Waals surface area contributed by atoms with Crippen LogP contribution in [0.2, 0.25) is 0 Å². The number of aromatic nitrogens is 4. The smallest absolute Gasteiger partial charge is 0.251 e. The summed E-state index contributed by atoms with van der Waals surface area (Å²) in [5.74, 6) is -2.32. The molecule has 1 unspecified atom stereocenters. The fourth-order valence-electron chi connectivity index (χ4n) is 3.59. The SMILES string of the molecule is CNC(=O)c1ccnc2c(C(C)CNc3cc(-c4ccc(C)nc4)ncn3)cc(F)c(F)c12. The molecule has 4 rings (SSSR count). The predicted octanol–water partition coefficient (Wildman–Crippen LogP) is 4.25. The van der Waals surface area contributed by atoms with E-state index < -0.39 is 17.5 Å². The Balaban J connectivity index is 1.62. The van der Waals surface area contributed by atoms with Gasteiger partial charge in [0.05, 0.1) is 22.2 Å². The largest absolute Gasteiger partial charge is 0.369 e. The number of benzene rings is 1. The molecule has 0 bridgehead atoms. The molecule has 0 radical (unpaired) electrons. The minimum Gasteiger partial charge on any atom is -0.369 e. The number of amides is 1. The quantitative estimate of drug-likeness (QED) is 0.458. The lowest BCUT2D eigenvalue weighted by Crippen LogP contribution is -2.19. The molecule has 0 fully saturated rings. The van der Waals surface area contributed by atoms with Gasteiger partial charge >= 0.3 is 0 Å². The molecule has 3 aromatic heterocycles. The van der Waals surface area contributed by atoms with E-state index in [2.05, 4.69) is 30.6 Å². The van der Waals surface area contributed by atoms with Gasteiger partial charge < -0.3 is 10.6 Å². The Kier molecular flexibility index (Phi) is 6.21. The Labute approximate surface area is 189 Å². The first kappa shape index (κ1) is 22.2. The zero-order chi connectivity index (χ0) is 23.5. The number of fused-ring (bicyclic) bond motifs is 1. The van der Waals surface area contributed by atoms with Crippen LogP contribution in [-0.2, 0) is 0 Å². The van der Waals surface area contributed by atoms with Crippen LogP contribution in [0.25, 0.3) is 22.2 Å². The number of rotatable bonds is 6. The standard InChI is InChI=1S/C24H22F2N6O/c1-13(10-30-20-9-19(31-12-32-20)15-5-4-14(2)29-11-15)17-8-18(25)22(26)21-16(24(33)27-3)6-7-28-23(17)21/h4-9,11-13H,10H2,1-3H3,(H,27,33)(H,30,31,32). The second kappa shape index (κ2) is 9.23. The van der Waals surface area contributed by atoms with Crippen molar-refractivity contribution in [1.29, 1.82) is 0 Å². The van der Waals surface area contributed by atoms with Crippen LogP contribution in [0.1, 0.15) is 34.5 Å². The van der Waals surface area contributed by atoms with Gasteiger partial charge in [-0.2, -0.15) is 0 Å². The van der Waals surface area contributed by atoms with Crippen molar-refractivity contribution >= 4 is 22.6 Å². The highest BCUT2D eigenvalue weighted by molar-refractivity contribution is 6.06. The molecule has 1 atom stereocenters. The molecule has 0 saturated carbocycles. The van der Waals surface area contributed by atoms with Crippen LogP contribution in [0.5, 0.6) is 0 Å². The van der Waals surface area contributed by atoms with Gasteiger partial charge in [0, 0.05) is 49.2 Å². The summed E-state index contributed by atoms with van der Waals surface area (Å²) < 4.78 is 29.1. The van der Waals surface area contributed by atoms with Crippen LogP contribution >= 0.6 is 0 Å². The molecule has 0 spiro atoms. The molecular formula is C24H22F2N6O. The maximum Gasteiger partial charge on any atom is 0.251 e. The second-order valence-corrected chi connectivity index (χ2v) is 7.68. The summed E-state index contributed by atoms with van der Waals surface area (Å²) in [6, 6.07) is 8.14. The van der Waals surface area contributed by atoms with E-state index >= 15 is 0 Å². The van der Waals surface area contributed by atoms with Crippen LogP contribution < -0.4 is 10.6 Å². The highest BCUT2D eigenvalue weighted by Crippen LogP contribution is 2.31. The Morgan fingerprint density at radius 3 is 2.64 bits per heavy atom. The molecule has 1 aromatic carbocycles. The van der Waals surface area contributed by atoms with Gasteiger partial charge in [-0.15, -0.1) is 0 Å². The fraction of sp³-hybridized carbons (Fsp3) is 0.208. The molecule has 7 nitrogen and oxygen atoms in total. The molecular weight excluding hydrogens is 426 g/mol. The number of hydrogen-bond acceptors (Lipinski definition) is 6. The molecule has 0 aliphatic heterocycles. The molecule has 3 heterocycles. The molecule has 0 aliphatic carbocycles. The second-order valence-electron chi connectivity index (χ2n) is 7.68. The summed E-state index contributed by atoms with van der Waals surface area (Å²) in [6.45, 7) is 4.14. The topological polar surface area (TPSA) is 92.7 Å². The van der Waals surface area contributed by atoms with Crippen molar-refractivity contribution in [2.24, 2.45) is 0 Å². The minimum absolute atomic E-state index is 0.0352. The maximum atomic E-state index is 14.6. The minimum atomic E-state index is -1.09. The average molecular weight is 448 g/mol. The van der Waals surface area contributed by atoms with Crippen LogP contribution in [0.3, 0.4) is 0 Å². The molecule has 2 N–H and O–H groups in total. The van der Waals surface area contributed by atoms with Crippen LogP contribution in [0, 0.1) is 18.6 Å². The Morgan fingerprint density at radius 2 is 1.91 bits per heavy atom. The van der Waals surface area contributed by atoms with Crippen molar-refractivity contribution in [3.63, 3.8) is 0 Å². The normalized spacial score (nSPS) is 11.9. The summed E-state index contributed by atoms with van der Waals surface area (Å²) >= 11 is 0. The van der Waals surface area contributed by atoms with Crippen molar-refractivity contribution in [2.75, 3.05) is 18.9 Å². The average Bonchev–Trinajstić information content (AvgIpc) is 2.84. The third kappa shape index (κ3) is 4.48. The van der Waals surface area contributed by atoms with E-state index in [9.17, 15) is 13.6 Å². The lowest BCUT2D eigenvalue weighted by Gasteiger charge is -2.17. The summed E-state index contributed by atoms with van der Waals surface area (Å²) in [5.41, 5.74) is 3.25. The lowest BCUT2D eigenvalue weighted by atomic mass is 9.95. The molecule has 0 aliphatic rings. The number of carbonyl (C=O) groups is 1. The Bertz CT molecular complexity index is 1330. The van der Waals surface area contributed by atoms with Crippen LogP contribution in [0.15, 0.2) is 49.1 Å². The number of anilines is 1. The summed E-state index contributed by atoms with van der Waals surface area (Å²) in [7, 11) is 1.43. The Morgan fingerprint density at radius 1 is 1.09 bits per heavy atom. The van der Waals surface area contributed by atoms with E-state index in [0.29, 0.717) is 23.6 Å². The number of pyridine rings is 2. The summed E-state index contributed by atoms with van der Waals surface area (Å²) in [4.78, 5) is 29.3. The van der Waals surface area contributed by atoms with E-state index in [-0.39, 0.29) is 22.4 Å². The highest BCUT2D eigenvalue weighted by Gasteiger charge is 2.22. The van der Waals surface area contributed by atoms with Gasteiger partial charge in [0.15, 0.2) is 11.6 Å². The first-order valence-corrected chi connectivity index (χ1v) is 10.4.